The molecule has 1 aromatic heterocycles. The van der Waals surface area contributed by atoms with Gasteiger partial charge in [-0.05, 0) is 33.6 Å². The minimum atomic E-state index is 0.682. The minimum Gasteiger partial charge on any atom is -0.255 e. The first-order chi connectivity index (χ1) is 6.68. The molecule has 0 saturated heterocycles. The van der Waals surface area contributed by atoms with Gasteiger partial charge in [-0.3, -0.25) is 9.97 Å². The number of hydrogen-bond acceptors (Lipinski definition) is 2. The van der Waals surface area contributed by atoms with Gasteiger partial charge in [0, 0.05) is 5.92 Å². The summed E-state index contributed by atoms with van der Waals surface area (Å²) in [6.45, 7) is 6.18. The van der Waals surface area contributed by atoms with E-state index in [1.165, 1.54) is 31.4 Å². The van der Waals surface area contributed by atoms with Crippen LogP contribution in [-0.2, 0) is 0 Å². The lowest BCUT2D eigenvalue weighted by Crippen LogP contribution is -2.05. The van der Waals surface area contributed by atoms with Gasteiger partial charge in [0.25, 0.3) is 0 Å². The predicted molar refractivity (Wildman–Crippen MR) is 57.5 cm³/mol. The van der Waals surface area contributed by atoms with Crippen molar-refractivity contribution in [3.8, 4) is 0 Å². The van der Waals surface area contributed by atoms with Gasteiger partial charge >= 0.3 is 0 Å². The summed E-state index contributed by atoms with van der Waals surface area (Å²) in [6, 6.07) is 0. The van der Waals surface area contributed by atoms with Gasteiger partial charge in [-0.15, -0.1) is 0 Å². The van der Waals surface area contributed by atoms with E-state index in [1.54, 1.807) is 0 Å². The third kappa shape index (κ3) is 1.66. The van der Waals surface area contributed by atoms with Crippen molar-refractivity contribution in [1.82, 2.24) is 9.97 Å². The molecule has 2 rings (SSSR count). The number of aromatic nitrogens is 2. The molecule has 1 saturated carbocycles. The lowest BCUT2D eigenvalue weighted by atomic mass is 10.0. The molecule has 0 aliphatic heterocycles. The first-order valence-corrected chi connectivity index (χ1v) is 5.50. The number of hydrogen-bond donors (Lipinski definition) is 0. The van der Waals surface area contributed by atoms with Crippen molar-refractivity contribution in [3.63, 3.8) is 0 Å². The fraction of sp³-hybridized carbons (Fsp3) is 0.667. The molecule has 2 nitrogen and oxygen atoms in total. The van der Waals surface area contributed by atoms with Crippen LogP contribution in [0.3, 0.4) is 0 Å². The Morgan fingerprint density at radius 3 is 2.07 bits per heavy atom. The van der Waals surface area contributed by atoms with Crippen LogP contribution in [0, 0.1) is 20.8 Å². The highest BCUT2D eigenvalue weighted by Gasteiger charge is 2.21. The fourth-order valence-electron chi connectivity index (χ4n) is 2.32. The maximum absolute atomic E-state index is 4.69. The van der Waals surface area contributed by atoms with Crippen LogP contribution >= 0.6 is 0 Å². The number of rotatable bonds is 1. The van der Waals surface area contributed by atoms with Gasteiger partial charge in [0.15, 0.2) is 0 Å². The monoisotopic (exact) mass is 190 g/mol. The zero-order valence-electron chi connectivity index (χ0n) is 9.30. The van der Waals surface area contributed by atoms with E-state index in [-0.39, 0.29) is 0 Å². The van der Waals surface area contributed by atoms with Gasteiger partial charge in [0.05, 0.1) is 22.8 Å². The summed E-state index contributed by atoms with van der Waals surface area (Å²) >= 11 is 0. The second-order valence-corrected chi connectivity index (χ2v) is 4.35. The molecule has 1 aliphatic carbocycles. The molecule has 0 unspecified atom stereocenters. The Kier molecular flexibility index (Phi) is 2.53. The molecule has 14 heavy (non-hydrogen) atoms. The van der Waals surface area contributed by atoms with Gasteiger partial charge < -0.3 is 0 Å². The summed E-state index contributed by atoms with van der Waals surface area (Å²) in [4.78, 5) is 9.25. The van der Waals surface area contributed by atoms with Crippen LogP contribution in [0.5, 0.6) is 0 Å². The molecular weight excluding hydrogens is 172 g/mol. The van der Waals surface area contributed by atoms with Crippen molar-refractivity contribution in [3.05, 3.63) is 22.8 Å². The maximum atomic E-state index is 4.69. The largest absolute Gasteiger partial charge is 0.255 e. The van der Waals surface area contributed by atoms with Gasteiger partial charge in [-0.1, -0.05) is 12.8 Å². The summed E-state index contributed by atoms with van der Waals surface area (Å²) in [5.74, 6) is 0.682. The van der Waals surface area contributed by atoms with Crippen molar-refractivity contribution in [2.45, 2.75) is 52.4 Å². The van der Waals surface area contributed by atoms with Crippen LogP contribution in [0.1, 0.15) is 54.4 Å². The van der Waals surface area contributed by atoms with E-state index >= 15 is 0 Å². The van der Waals surface area contributed by atoms with E-state index in [0.717, 1.165) is 17.1 Å². The first kappa shape index (κ1) is 9.63. The van der Waals surface area contributed by atoms with Crippen LogP contribution in [0.15, 0.2) is 0 Å². The predicted octanol–water partition coefficient (Wildman–Crippen LogP) is 3.06. The Morgan fingerprint density at radius 2 is 1.43 bits per heavy atom. The van der Waals surface area contributed by atoms with Gasteiger partial charge in [-0.25, -0.2) is 0 Å². The smallest absolute Gasteiger partial charge is 0.0650 e. The van der Waals surface area contributed by atoms with Crippen molar-refractivity contribution in [1.29, 1.82) is 0 Å². The second-order valence-electron chi connectivity index (χ2n) is 4.35. The molecule has 1 heterocycles. The molecule has 76 valence electrons. The Morgan fingerprint density at radius 1 is 0.857 bits per heavy atom. The van der Waals surface area contributed by atoms with E-state index in [0.29, 0.717) is 5.92 Å². The second kappa shape index (κ2) is 3.68. The lowest BCUT2D eigenvalue weighted by Gasteiger charge is -2.13. The number of nitrogens with zero attached hydrogens (tertiary/aromatic N) is 2. The van der Waals surface area contributed by atoms with Crippen LogP contribution < -0.4 is 0 Å². The molecule has 1 fully saturated rings. The Hall–Kier alpha value is -0.920. The van der Waals surface area contributed by atoms with Crippen molar-refractivity contribution < 1.29 is 0 Å². The van der Waals surface area contributed by atoms with E-state index in [9.17, 15) is 0 Å². The molecule has 0 bridgehead atoms. The lowest BCUT2D eigenvalue weighted by molar-refractivity contribution is 0.677. The molecule has 0 spiro atoms. The Bertz CT molecular complexity index is 338. The molecule has 0 radical (unpaired) electrons. The van der Waals surface area contributed by atoms with E-state index in [1.807, 2.05) is 6.92 Å². The topological polar surface area (TPSA) is 25.8 Å². The molecule has 1 aromatic rings. The average molecular weight is 190 g/mol. The highest BCUT2D eigenvalue weighted by Crippen LogP contribution is 2.34. The fourth-order valence-corrected chi connectivity index (χ4v) is 2.32. The zero-order chi connectivity index (χ0) is 10.1. The van der Waals surface area contributed by atoms with Crippen molar-refractivity contribution >= 4 is 0 Å². The van der Waals surface area contributed by atoms with Crippen LogP contribution in [-0.4, -0.2) is 9.97 Å². The highest BCUT2D eigenvalue weighted by molar-refractivity contribution is 5.21. The molecule has 1 aliphatic rings. The summed E-state index contributed by atoms with van der Waals surface area (Å²) in [6.07, 6.45) is 5.33. The highest BCUT2D eigenvalue weighted by atomic mass is 14.8. The first-order valence-electron chi connectivity index (χ1n) is 5.50. The third-order valence-corrected chi connectivity index (χ3v) is 3.26. The molecule has 0 N–H and O–H groups in total. The molecule has 0 aromatic carbocycles. The van der Waals surface area contributed by atoms with E-state index < -0.39 is 0 Å². The summed E-state index contributed by atoms with van der Waals surface area (Å²) in [5, 5.41) is 0. The van der Waals surface area contributed by atoms with Crippen LogP contribution in [0.2, 0.25) is 0 Å². The zero-order valence-corrected chi connectivity index (χ0v) is 9.30. The van der Waals surface area contributed by atoms with E-state index in [4.69, 9.17) is 4.98 Å². The third-order valence-electron chi connectivity index (χ3n) is 3.26. The molecule has 0 amide bonds. The van der Waals surface area contributed by atoms with E-state index in [2.05, 4.69) is 18.8 Å². The Labute approximate surface area is 85.8 Å². The molecular formula is C12H18N2. The SMILES string of the molecule is Cc1nc(C)c(C2CCCC2)nc1C. The summed E-state index contributed by atoms with van der Waals surface area (Å²) < 4.78 is 0. The van der Waals surface area contributed by atoms with Crippen molar-refractivity contribution in [2.24, 2.45) is 0 Å². The quantitative estimate of drug-likeness (QED) is 0.680. The molecule has 0 atom stereocenters. The van der Waals surface area contributed by atoms with Gasteiger partial charge in [-0.2, -0.15) is 0 Å². The number of aryl methyl sites for hydroxylation is 3. The normalized spacial score (nSPS) is 17.6. The van der Waals surface area contributed by atoms with Gasteiger partial charge in [0.2, 0.25) is 0 Å². The van der Waals surface area contributed by atoms with Crippen molar-refractivity contribution in [2.75, 3.05) is 0 Å². The van der Waals surface area contributed by atoms with Crippen LogP contribution in [0.25, 0.3) is 0 Å². The summed E-state index contributed by atoms with van der Waals surface area (Å²) in [5.41, 5.74) is 4.56. The van der Waals surface area contributed by atoms with Crippen LogP contribution in [0.4, 0.5) is 0 Å². The standard InChI is InChI=1S/C12H18N2/c1-8-9(2)14-12(10(3)13-8)11-6-4-5-7-11/h11H,4-7H2,1-3H3. The summed E-state index contributed by atoms with van der Waals surface area (Å²) in [7, 11) is 0. The Balaban J connectivity index is 2.37. The average Bonchev–Trinajstić information content (AvgIpc) is 2.64. The van der Waals surface area contributed by atoms with Gasteiger partial charge in [0.1, 0.15) is 0 Å². The minimum absolute atomic E-state index is 0.682. The maximum Gasteiger partial charge on any atom is 0.0650 e. The molecule has 2 heteroatoms.